The van der Waals surface area contributed by atoms with E-state index in [4.69, 9.17) is 11.6 Å². The molecule has 0 saturated carbocycles. The smallest absolute Gasteiger partial charge is 0.0282 e. The first kappa shape index (κ1) is 13.0. The van der Waals surface area contributed by atoms with Crippen LogP contribution in [0.3, 0.4) is 0 Å². The van der Waals surface area contributed by atoms with Crippen molar-refractivity contribution in [2.45, 2.75) is 45.7 Å². The van der Waals surface area contributed by atoms with Crippen molar-refractivity contribution in [2.24, 2.45) is 0 Å². The van der Waals surface area contributed by atoms with Crippen molar-refractivity contribution >= 4 is 11.6 Å². The highest BCUT2D eigenvalue weighted by molar-refractivity contribution is 6.25. The Balaban J connectivity index is 2.73. The quantitative estimate of drug-likeness (QED) is 0.785. The molecular formula is C12H23ClN2. The largest absolute Gasteiger partial charge is 0.309 e. The monoisotopic (exact) mass is 230 g/mol. The number of nitrogens with one attached hydrogen (secondary N) is 1. The maximum Gasteiger partial charge on any atom is 0.0282 e. The lowest BCUT2D eigenvalue weighted by atomic mass is 9.91. The molecule has 1 fully saturated rings. The summed E-state index contributed by atoms with van der Waals surface area (Å²) in [5, 5.41) is 3.58. The molecule has 0 bridgehead atoms. The number of piperazine rings is 1. The molecule has 0 aliphatic carbocycles. The molecule has 0 amide bonds. The zero-order valence-electron chi connectivity index (χ0n) is 10.5. The number of nitrogens with zero attached hydrogens (tertiary/aromatic N) is 1. The Morgan fingerprint density at radius 3 is 2.53 bits per heavy atom. The molecule has 88 valence electrons. The van der Waals surface area contributed by atoms with Crippen LogP contribution in [0, 0.1) is 0 Å². The van der Waals surface area contributed by atoms with Crippen molar-refractivity contribution in [3.05, 3.63) is 11.1 Å². The summed E-state index contributed by atoms with van der Waals surface area (Å²) < 4.78 is 0. The van der Waals surface area contributed by atoms with E-state index in [1.54, 1.807) is 5.54 Å². The third-order valence-corrected chi connectivity index (χ3v) is 3.44. The zero-order chi connectivity index (χ0) is 11.7. The molecule has 1 saturated heterocycles. The van der Waals surface area contributed by atoms with Gasteiger partial charge in [-0.25, -0.2) is 0 Å². The Hall–Kier alpha value is -0.0500. The van der Waals surface area contributed by atoms with Crippen molar-refractivity contribution < 1.29 is 0 Å². The number of halogens is 1. The van der Waals surface area contributed by atoms with Crippen LogP contribution in [0.4, 0.5) is 0 Å². The van der Waals surface area contributed by atoms with Crippen molar-refractivity contribution in [2.75, 3.05) is 19.6 Å². The number of rotatable bonds is 2. The molecule has 0 atom stereocenters. The van der Waals surface area contributed by atoms with Gasteiger partial charge in [0, 0.05) is 36.2 Å². The van der Waals surface area contributed by atoms with Gasteiger partial charge in [0.15, 0.2) is 0 Å². The van der Waals surface area contributed by atoms with Crippen molar-refractivity contribution in [3.63, 3.8) is 0 Å². The molecule has 0 aromatic carbocycles. The van der Waals surface area contributed by atoms with E-state index in [0.29, 0.717) is 0 Å². The molecule has 0 aromatic rings. The molecule has 1 aliphatic heterocycles. The SMILES string of the molecule is CC(=CCl)CN1CC(C)(C)NCC1(C)C. The van der Waals surface area contributed by atoms with Gasteiger partial charge in [0.2, 0.25) is 0 Å². The molecule has 2 nitrogen and oxygen atoms in total. The van der Waals surface area contributed by atoms with E-state index in [1.165, 1.54) is 5.57 Å². The lowest BCUT2D eigenvalue weighted by Gasteiger charge is -2.49. The highest BCUT2D eigenvalue weighted by atomic mass is 35.5. The van der Waals surface area contributed by atoms with Gasteiger partial charge in [-0.15, -0.1) is 0 Å². The fourth-order valence-electron chi connectivity index (χ4n) is 1.92. The van der Waals surface area contributed by atoms with E-state index in [9.17, 15) is 0 Å². The Kier molecular flexibility index (Phi) is 3.85. The molecule has 0 aromatic heterocycles. The fraction of sp³-hybridized carbons (Fsp3) is 0.833. The topological polar surface area (TPSA) is 15.3 Å². The van der Waals surface area contributed by atoms with Crippen LogP contribution in [0.2, 0.25) is 0 Å². The van der Waals surface area contributed by atoms with Crippen LogP contribution in [0.1, 0.15) is 34.6 Å². The van der Waals surface area contributed by atoms with Gasteiger partial charge in [0.1, 0.15) is 0 Å². The molecule has 1 heterocycles. The first-order valence-electron chi connectivity index (χ1n) is 5.53. The van der Waals surface area contributed by atoms with Gasteiger partial charge in [0.25, 0.3) is 0 Å². The van der Waals surface area contributed by atoms with Crippen molar-refractivity contribution in [3.8, 4) is 0 Å². The average molecular weight is 231 g/mol. The second-order valence-corrected chi connectivity index (χ2v) is 6.08. The second-order valence-electron chi connectivity index (χ2n) is 5.86. The Morgan fingerprint density at radius 1 is 1.40 bits per heavy atom. The third-order valence-electron chi connectivity index (χ3n) is 3.07. The molecular weight excluding hydrogens is 208 g/mol. The van der Waals surface area contributed by atoms with Gasteiger partial charge >= 0.3 is 0 Å². The number of hydrogen-bond donors (Lipinski definition) is 1. The predicted octanol–water partition coefficient (Wildman–Crippen LogP) is 2.59. The van der Waals surface area contributed by atoms with E-state index >= 15 is 0 Å². The first-order chi connectivity index (χ1) is 6.77. The van der Waals surface area contributed by atoms with E-state index < -0.39 is 0 Å². The Bertz CT molecular complexity index is 256. The molecule has 15 heavy (non-hydrogen) atoms. The summed E-state index contributed by atoms with van der Waals surface area (Å²) in [7, 11) is 0. The summed E-state index contributed by atoms with van der Waals surface area (Å²) in [5.41, 5.74) is 3.31. The zero-order valence-corrected chi connectivity index (χ0v) is 11.3. The lowest BCUT2D eigenvalue weighted by molar-refractivity contribution is 0.0479. The van der Waals surface area contributed by atoms with E-state index in [0.717, 1.165) is 19.6 Å². The molecule has 1 rings (SSSR count). The summed E-state index contributed by atoms with van der Waals surface area (Å²) >= 11 is 5.73. The van der Waals surface area contributed by atoms with Gasteiger partial charge in [-0.1, -0.05) is 11.6 Å². The number of hydrogen-bond acceptors (Lipinski definition) is 2. The highest BCUT2D eigenvalue weighted by Gasteiger charge is 2.37. The molecule has 0 unspecified atom stereocenters. The average Bonchev–Trinajstić information content (AvgIpc) is 2.12. The predicted molar refractivity (Wildman–Crippen MR) is 67.3 cm³/mol. The van der Waals surface area contributed by atoms with Crippen LogP contribution in [-0.4, -0.2) is 35.6 Å². The third kappa shape index (κ3) is 3.47. The van der Waals surface area contributed by atoms with Gasteiger partial charge in [-0.2, -0.15) is 0 Å². The molecule has 1 aliphatic rings. The Morgan fingerprint density at radius 2 is 2.00 bits per heavy atom. The maximum atomic E-state index is 5.73. The minimum atomic E-state index is 0.197. The van der Waals surface area contributed by atoms with Gasteiger partial charge in [-0.3, -0.25) is 4.90 Å². The molecule has 3 heteroatoms. The summed E-state index contributed by atoms with van der Waals surface area (Å²) in [4.78, 5) is 2.50. The second kappa shape index (κ2) is 4.44. The van der Waals surface area contributed by atoms with Gasteiger partial charge in [-0.05, 0) is 40.2 Å². The summed E-state index contributed by atoms with van der Waals surface area (Å²) in [6, 6.07) is 0. The summed E-state index contributed by atoms with van der Waals surface area (Å²) in [5.74, 6) is 0. The highest BCUT2D eigenvalue weighted by Crippen LogP contribution is 2.24. The summed E-state index contributed by atoms with van der Waals surface area (Å²) in [6.07, 6.45) is 0. The first-order valence-corrected chi connectivity index (χ1v) is 5.96. The van der Waals surface area contributed by atoms with Crippen molar-refractivity contribution in [1.29, 1.82) is 0 Å². The fourth-order valence-corrected chi connectivity index (χ4v) is 1.99. The van der Waals surface area contributed by atoms with E-state index in [2.05, 4.69) is 44.8 Å². The lowest BCUT2D eigenvalue weighted by Crippen LogP contribution is -2.66. The van der Waals surface area contributed by atoms with Crippen LogP contribution >= 0.6 is 11.6 Å². The Labute approximate surface area is 98.7 Å². The van der Waals surface area contributed by atoms with Crippen LogP contribution in [0.15, 0.2) is 11.1 Å². The minimum Gasteiger partial charge on any atom is -0.309 e. The normalized spacial score (nSPS) is 26.7. The van der Waals surface area contributed by atoms with Crippen molar-refractivity contribution in [1.82, 2.24) is 10.2 Å². The van der Waals surface area contributed by atoms with Crippen LogP contribution in [0.25, 0.3) is 0 Å². The summed E-state index contributed by atoms with van der Waals surface area (Å²) in [6.45, 7) is 14.2. The van der Waals surface area contributed by atoms with E-state index in [-0.39, 0.29) is 11.1 Å². The van der Waals surface area contributed by atoms with Gasteiger partial charge < -0.3 is 5.32 Å². The van der Waals surface area contributed by atoms with Crippen LogP contribution in [0.5, 0.6) is 0 Å². The standard InChI is InChI=1S/C12H23ClN2/c1-10(6-13)7-15-9-11(2,3)14-8-12(15,4)5/h6,14H,7-9H2,1-5H3. The molecule has 0 spiro atoms. The minimum absolute atomic E-state index is 0.197. The molecule has 0 radical (unpaired) electrons. The maximum absolute atomic E-state index is 5.73. The molecule has 1 N–H and O–H groups in total. The van der Waals surface area contributed by atoms with Crippen LogP contribution in [-0.2, 0) is 0 Å². The van der Waals surface area contributed by atoms with Crippen LogP contribution < -0.4 is 5.32 Å². The van der Waals surface area contributed by atoms with Gasteiger partial charge in [0.05, 0.1) is 0 Å². The van der Waals surface area contributed by atoms with E-state index in [1.807, 2.05) is 0 Å².